The van der Waals surface area contributed by atoms with Gasteiger partial charge in [0, 0.05) is 18.7 Å². The van der Waals surface area contributed by atoms with E-state index in [1.165, 1.54) is 25.3 Å². The average molecular weight is 315 g/mol. The highest BCUT2D eigenvalue weighted by Gasteiger charge is 2.12. The van der Waals surface area contributed by atoms with E-state index in [1.807, 2.05) is 0 Å². The molecule has 1 aromatic heterocycles. The minimum Gasteiger partial charge on any atom is -0.459 e. The van der Waals surface area contributed by atoms with E-state index in [0.717, 1.165) is 0 Å². The van der Waals surface area contributed by atoms with E-state index in [2.05, 4.69) is 0 Å². The number of ether oxygens (including phenoxy) is 2. The molecule has 0 spiro atoms. The Kier molecular flexibility index (Phi) is 5.67. The van der Waals surface area contributed by atoms with Gasteiger partial charge in [-0.3, -0.25) is 0 Å². The maximum atomic E-state index is 12.9. The number of carbonyl (C=O) groups is 1. The summed E-state index contributed by atoms with van der Waals surface area (Å²) in [6.07, 6.45) is 1.29. The third kappa shape index (κ3) is 4.53. The molecule has 0 aliphatic rings. The molecule has 1 aromatic carbocycles. The maximum Gasteiger partial charge on any atom is 0.349 e. The van der Waals surface area contributed by atoms with Crippen LogP contribution in [0.25, 0.3) is 17.4 Å². The number of carbonyl (C=O) groups excluding carboxylic acids is 1. The van der Waals surface area contributed by atoms with Crippen LogP contribution in [0.2, 0.25) is 0 Å². The van der Waals surface area contributed by atoms with Crippen LogP contribution in [0.1, 0.15) is 5.76 Å². The number of halogens is 1. The SMILES string of the molecule is COCCOC(=O)/C(C#N)=C/c1ccc(-c2ccc(F)cc2)o1. The molecule has 1 heterocycles. The molecule has 0 aliphatic heterocycles. The molecule has 0 radical (unpaired) electrons. The first-order valence-corrected chi connectivity index (χ1v) is 6.77. The number of nitriles is 1. The van der Waals surface area contributed by atoms with Crippen LogP contribution in [0.3, 0.4) is 0 Å². The number of nitrogens with zero attached hydrogens (tertiary/aromatic N) is 1. The summed E-state index contributed by atoms with van der Waals surface area (Å²) in [6.45, 7) is 0.313. The van der Waals surface area contributed by atoms with Crippen molar-refractivity contribution in [3.05, 3.63) is 53.5 Å². The van der Waals surface area contributed by atoms with Gasteiger partial charge < -0.3 is 13.9 Å². The second-order valence-corrected chi connectivity index (χ2v) is 4.51. The Morgan fingerprint density at radius 1 is 1.26 bits per heavy atom. The topological polar surface area (TPSA) is 72.5 Å². The number of furan rings is 1. The molecule has 118 valence electrons. The molecule has 23 heavy (non-hydrogen) atoms. The van der Waals surface area contributed by atoms with E-state index < -0.39 is 5.97 Å². The molecule has 5 nitrogen and oxygen atoms in total. The quantitative estimate of drug-likeness (QED) is 0.354. The van der Waals surface area contributed by atoms with Gasteiger partial charge in [-0.2, -0.15) is 5.26 Å². The molecule has 2 rings (SSSR count). The van der Waals surface area contributed by atoms with Crippen LogP contribution in [-0.4, -0.2) is 26.3 Å². The van der Waals surface area contributed by atoms with E-state index in [4.69, 9.17) is 19.2 Å². The van der Waals surface area contributed by atoms with Crippen molar-refractivity contribution in [2.24, 2.45) is 0 Å². The lowest BCUT2D eigenvalue weighted by Crippen LogP contribution is -2.11. The summed E-state index contributed by atoms with van der Waals surface area (Å²) in [5.41, 5.74) is 0.508. The lowest BCUT2D eigenvalue weighted by atomic mass is 10.2. The highest BCUT2D eigenvalue weighted by molar-refractivity contribution is 5.97. The molecule has 0 fully saturated rings. The Hall–Kier alpha value is -2.91. The molecule has 0 saturated heterocycles. The second-order valence-electron chi connectivity index (χ2n) is 4.51. The smallest absolute Gasteiger partial charge is 0.349 e. The van der Waals surface area contributed by atoms with Gasteiger partial charge in [0.1, 0.15) is 35.6 Å². The van der Waals surface area contributed by atoms with Gasteiger partial charge >= 0.3 is 5.97 Å². The molecule has 0 saturated carbocycles. The zero-order chi connectivity index (χ0) is 16.7. The predicted octanol–water partition coefficient (Wildman–Crippen LogP) is 3.18. The van der Waals surface area contributed by atoms with Gasteiger partial charge in [0.25, 0.3) is 0 Å². The number of benzene rings is 1. The largest absolute Gasteiger partial charge is 0.459 e. The van der Waals surface area contributed by atoms with Gasteiger partial charge in [-0.05, 0) is 36.4 Å². The first kappa shape index (κ1) is 16.5. The predicted molar refractivity (Wildman–Crippen MR) is 80.5 cm³/mol. The number of rotatable bonds is 6. The Labute approximate surface area is 132 Å². The standard InChI is InChI=1S/C17H14FNO4/c1-21-8-9-22-17(20)13(11-19)10-15-6-7-16(23-15)12-2-4-14(18)5-3-12/h2-7,10H,8-9H2,1H3/b13-10+. The first-order chi connectivity index (χ1) is 11.1. The zero-order valence-electron chi connectivity index (χ0n) is 12.4. The lowest BCUT2D eigenvalue weighted by molar-refractivity contribution is -0.139. The van der Waals surface area contributed by atoms with Crippen LogP contribution >= 0.6 is 0 Å². The van der Waals surface area contributed by atoms with Crippen LogP contribution in [-0.2, 0) is 14.3 Å². The molecule has 0 aliphatic carbocycles. The van der Waals surface area contributed by atoms with Crippen molar-refractivity contribution in [1.29, 1.82) is 5.26 Å². The summed E-state index contributed by atoms with van der Waals surface area (Å²) < 4.78 is 28.1. The molecule has 0 unspecified atom stereocenters. The van der Waals surface area contributed by atoms with Crippen molar-refractivity contribution in [2.45, 2.75) is 0 Å². The minimum absolute atomic E-state index is 0.0628. The summed E-state index contributed by atoms with van der Waals surface area (Å²) in [5.74, 6) is -0.263. The number of methoxy groups -OCH3 is 1. The van der Waals surface area contributed by atoms with Crippen molar-refractivity contribution in [3.63, 3.8) is 0 Å². The third-order valence-corrected chi connectivity index (χ3v) is 2.90. The van der Waals surface area contributed by atoms with Crippen molar-refractivity contribution >= 4 is 12.0 Å². The maximum absolute atomic E-state index is 12.9. The summed E-state index contributed by atoms with van der Waals surface area (Å²) in [7, 11) is 1.48. The van der Waals surface area contributed by atoms with Crippen LogP contribution in [0.5, 0.6) is 0 Å². The minimum atomic E-state index is -0.746. The second kappa shape index (κ2) is 7.92. The number of esters is 1. The van der Waals surface area contributed by atoms with E-state index >= 15 is 0 Å². The summed E-state index contributed by atoms with van der Waals surface area (Å²) >= 11 is 0. The Bertz CT molecular complexity index is 741. The molecular formula is C17H14FNO4. The third-order valence-electron chi connectivity index (χ3n) is 2.90. The van der Waals surface area contributed by atoms with Crippen molar-refractivity contribution < 1.29 is 23.1 Å². The summed E-state index contributed by atoms with van der Waals surface area (Å²) in [6, 6.07) is 10.8. The molecular weight excluding hydrogens is 301 g/mol. The fourth-order valence-electron chi connectivity index (χ4n) is 1.77. The zero-order valence-corrected chi connectivity index (χ0v) is 12.4. The van der Waals surface area contributed by atoms with E-state index in [-0.39, 0.29) is 24.6 Å². The van der Waals surface area contributed by atoms with Crippen LogP contribution in [0, 0.1) is 17.1 Å². The first-order valence-electron chi connectivity index (χ1n) is 6.77. The molecule has 0 bridgehead atoms. The monoisotopic (exact) mass is 315 g/mol. The van der Waals surface area contributed by atoms with Crippen LogP contribution < -0.4 is 0 Å². The fourth-order valence-corrected chi connectivity index (χ4v) is 1.77. The molecule has 0 atom stereocenters. The molecule has 0 N–H and O–H groups in total. The Balaban J connectivity index is 2.13. The Morgan fingerprint density at radius 2 is 2.00 bits per heavy atom. The van der Waals surface area contributed by atoms with Crippen molar-refractivity contribution in [1.82, 2.24) is 0 Å². The molecule has 0 amide bonds. The number of hydrogen-bond acceptors (Lipinski definition) is 5. The average Bonchev–Trinajstić information content (AvgIpc) is 3.02. The van der Waals surface area contributed by atoms with Gasteiger partial charge in [0.2, 0.25) is 0 Å². The van der Waals surface area contributed by atoms with Gasteiger partial charge in [0.15, 0.2) is 0 Å². The molecule has 2 aromatic rings. The van der Waals surface area contributed by atoms with Crippen molar-refractivity contribution in [2.75, 3.05) is 20.3 Å². The summed E-state index contributed by atoms with van der Waals surface area (Å²) in [4.78, 5) is 11.7. The van der Waals surface area contributed by atoms with Crippen LogP contribution in [0.15, 0.2) is 46.4 Å². The van der Waals surface area contributed by atoms with Gasteiger partial charge in [-0.15, -0.1) is 0 Å². The Morgan fingerprint density at radius 3 is 2.65 bits per heavy atom. The van der Waals surface area contributed by atoms with E-state index in [0.29, 0.717) is 17.1 Å². The highest BCUT2D eigenvalue weighted by atomic mass is 19.1. The van der Waals surface area contributed by atoms with Crippen LogP contribution in [0.4, 0.5) is 4.39 Å². The van der Waals surface area contributed by atoms with E-state index in [9.17, 15) is 9.18 Å². The van der Waals surface area contributed by atoms with E-state index in [1.54, 1.807) is 30.3 Å². The lowest BCUT2D eigenvalue weighted by Gasteiger charge is -2.02. The summed E-state index contributed by atoms with van der Waals surface area (Å²) in [5, 5.41) is 9.03. The highest BCUT2D eigenvalue weighted by Crippen LogP contribution is 2.23. The van der Waals surface area contributed by atoms with Gasteiger partial charge in [-0.1, -0.05) is 0 Å². The fraction of sp³-hybridized carbons (Fsp3) is 0.176. The number of hydrogen-bond donors (Lipinski definition) is 0. The molecule has 6 heteroatoms. The normalized spacial score (nSPS) is 11.1. The van der Waals surface area contributed by atoms with Gasteiger partial charge in [-0.25, -0.2) is 9.18 Å². The van der Waals surface area contributed by atoms with Gasteiger partial charge in [0.05, 0.1) is 6.61 Å². The van der Waals surface area contributed by atoms with Crippen molar-refractivity contribution in [3.8, 4) is 17.4 Å².